The topological polar surface area (TPSA) is 81.7 Å². The highest BCUT2D eigenvalue weighted by molar-refractivity contribution is 6.29. The van der Waals surface area contributed by atoms with Gasteiger partial charge in [0.15, 0.2) is 0 Å². The fourth-order valence-corrected chi connectivity index (χ4v) is 2.46. The third-order valence-electron chi connectivity index (χ3n) is 3.26. The first-order chi connectivity index (χ1) is 10.5. The number of nitrogens with two attached hydrogens (primary N) is 1. The summed E-state index contributed by atoms with van der Waals surface area (Å²) in [5.41, 5.74) is 9.31. The number of rotatable bonds is 3. The number of para-hydroxylation sites is 1. The maximum Gasteiger partial charge on any atom is 0.223 e. The first-order valence-corrected chi connectivity index (χ1v) is 7.11. The van der Waals surface area contributed by atoms with E-state index in [2.05, 4.69) is 20.4 Å². The number of hydrogen-bond acceptors (Lipinski definition) is 5. The molecule has 0 unspecified atom stereocenters. The van der Waals surface area contributed by atoms with Crippen molar-refractivity contribution < 1.29 is 0 Å². The second-order valence-corrected chi connectivity index (χ2v) is 5.24. The highest BCUT2D eigenvalue weighted by Crippen LogP contribution is 2.26. The smallest absolute Gasteiger partial charge is 0.223 e. The molecule has 1 aromatic carbocycles. The number of nitrogens with one attached hydrogen (secondary N) is 1. The molecule has 0 amide bonds. The molecule has 2 heterocycles. The summed E-state index contributed by atoms with van der Waals surface area (Å²) in [4.78, 5) is 7.97. The number of hydrogen-bond donors (Lipinski definition) is 2. The van der Waals surface area contributed by atoms with Gasteiger partial charge in [-0.3, -0.25) is 0 Å². The summed E-state index contributed by atoms with van der Waals surface area (Å²) in [6, 6.07) is 11.6. The molecule has 6 nitrogen and oxygen atoms in total. The third kappa shape index (κ3) is 2.73. The Bertz CT molecular complexity index is 792. The summed E-state index contributed by atoms with van der Waals surface area (Å²) in [5, 5.41) is 8.07. The number of nitrogens with zero attached hydrogens (tertiary/aromatic N) is 4. The zero-order valence-electron chi connectivity index (χ0n) is 12.2. The van der Waals surface area contributed by atoms with Gasteiger partial charge in [0.25, 0.3) is 0 Å². The summed E-state index contributed by atoms with van der Waals surface area (Å²) < 4.78 is 1.88. The summed E-state index contributed by atoms with van der Waals surface area (Å²) >= 11 is 5.91. The average molecular weight is 315 g/mol. The molecule has 0 bridgehead atoms. The fraction of sp³-hybridized carbons (Fsp3) is 0.133. The molecular weight excluding hydrogens is 300 g/mol. The van der Waals surface area contributed by atoms with E-state index in [1.807, 2.05) is 48.9 Å². The van der Waals surface area contributed by atoms with Crippen LogP contribution >= 0.6 is 11.6 Å². The molecule has 0 saturated carbocycles. The molecule has 22 heavy (non-hydrogen) atoms. The van der Waals surface area contributed by atoms with Crippen LogP contribution in [0.1, 0.15) is 11.4 Å². The number of halogens is 1. The second-order valence-electron chi connectivity index (χ2n) is 4.85. The number of aromatic nitrogens is 4. The third-order valence-corrected chi connectivity index (χ3v) is 3.45. The molecule has 3 rings (SSSR count). The van der Waals surface area contributed by atoms with Gasteiger partial charge < -0.3 is 11.1 Å². The molecule has 0 spiro atoms. The molecule has 0 aliphatic heterocycles. The first-order valence-electron chi connectivity index (χ1n) is 6.73. The van der Waals surface area contributed by atoms with E-state index in [9.17, 15) is 0 Å². The van der Waals surface area contributed by atoms with Crippen LogP contribution in [0.4, 0.5) is 17.5 Å². The summed E-state index contributed by atoms with van der Waals surface area (Å²) in [7, 11) is 0. The summed E-state index contributed by atoms with van der Waals surface area (Å²) in [6.45, 7) is 3.92. The largest absolute Gasteiger partial charge is 0.368 e. The van der Waals surface area contributed by atoms with E-state index in [-0.39, 0.29) is 5.95 Å². The van der Waals surface area contributed by atoms with Crippen LogP contribution in [0.5, 0.6) is 0 Å². The Hall–Kier alpha value is -2.60. The van der Waals surface area contributed by atoms with E-state index in [4.69, 9.17) is 17.3 Å². The van der Waals surface area contributed by atoms with Crippen LogP contribution in [-0.2, 0) is 0 Å². The van der Waals surface area contributed by atoms with Crippen molar-refractivity contribution in [3.63, 3.8) is 0 Å². The van der Waals surface area contributed by atoms with E-state index >= 15 is 0 Å². The van der Waals surface area contributed by atoms with Crippen molar-refractivity contribution in [1.82, 2.24) is 19.7 Å². The molecule has 3 aromatic rings. The zero-order chi connectivity index (χ0) is 15.7. The van der Waals surface area contributed by atoms with Gasteiger partial charge in [-0.15, -0.1) is 0 Å². The van der Waals surface area contributed by atoms with Crippen molar-refractivity contribution >= 4 is 29.1 Å². The molecule has 0 radical (unpaired) electrons. The van der Waals surface area contributed by atoms with Crippen LogP contribution in [0.2, 0.25) is 5.15 Å². The minimum atomic E-state index is 0.126. The zero-order valence-corrected chi connectivity index (χ0v) is 13.0. The molecule has 0 saturated heterocycles. The molecular formula is C15H15ClN6. The molecule has 2 aromatic heterocycles. The van der Waals surface area contributed by atoms with Crippen molar-refractivity contribution in [3.8, 4) is 5.69 Å². The minimum Gasteiger partial charge on any atom is -0.368 e. The lowest BCUT2D eigenvalue weighted by Crippen LogP contribution is -2.02. The Morgan fingerprint density at radius 1 is 1.14 bits per heavy atom. The highest BCUT2D eigenvalue weighted by atomic mass is 35.5. The monoisotopic (exact) mass is 314 g/mol. The van der Waals surface area contributed by atoms with Crippen LogP contribution in [-0.4, -0.2) is 19.7 Å². The number of benzene rings is 1. The van der Waals surface area contributed by atoms with Gasteiger partial charge in [-0.2, -0.15) is 10.1 Å². The molecule has 7 heteroatoms. The van der Waals surface area contributed by atoms with Crippen LogP contribution < -0.4 is 11.1 Å². The average Bonchev–Trinajstić information content (AvgIpc) is 2.75. The molecule has 0 atom stereocenters. The van der Waals surface area contributed by atoms with E-state index in [0.29, 0.717) is 11.0 Å². The minimum absolute atomic E-state index is 0.126. The summed E-state index contributed by atoms with van der Waals surface area (Å²) in [6.07, 6.45) is 0. The van der Waals surface area contributed by atoms with E-state index in [0.717, 1.165) is 22.8 Å². The lowest BCUT2D eigenvalue weighted by atomic mass is 10.3. The van der Waals surface area contributed by atoms with Gasteiger partial charge in [0.1, 0.15) is 11.0 Å². The van der Waals surface area contributed by atoms with Crippen molar-refractivity contribution in [3.05, 3.63) is 52.9 Å². The van der Waals surface area contributed by atoms with Crippen molar-refractivity contribution in [2.24, 2.45) is 0 Å². The number of aryl methyl sites for hydroxylation is 1. The Kier molecular flexibility index (Phi) is 3.68. The van der Waals surface area contributed by atoms with Gasteiger partial charge in [0, 0.05) is 6.07 Å². The Balaban J connectivity index is 2.00. The predicted molar refractivity (Wildman–Crippen MR) is 87.8 cm³/mol. The SMILES string of the molecule is Cc1nn(-c2ccccc2)c(C)c1Nc1cc(Cl)nc(N)n1. The molecule has 112 valence electrons. The maximum absolute atomic E-state index is 5.91. The standard InChI is InChI=1S/C15H15ClN6/c1-9-14(19-13-8-12(16)18-15(17)20-13)10(2)22(21-9)11-6-4-3-5-7-11/h3-8H,1-2H3,(H3,17,18,19,20). The first kappa shape index (κ1) is 14.3. The lowest BCUT2D eigenvalue weighted by Gasteiger charge is -2.08. The predicted octanol–water partition coefficient (Wildman–Crippen LogP) is 3.26. The summed E-state index contributed by atoms with van der Waals surface area (Å²) in [5.74, 6) is 0.664. The molecule has 3 N–H and O–H groups in total. The van der Waals surface area contributed by atoms with Gasteiger partial charge in [0.05, 0.1) is 22.8 Å². The van der Waals surface area contributed by atoms with Crippen LogP contribution in [0.15, 0.2) is 36.4 Å². The molecule has 0 fully saturated rings. The Morgan fingerprint density at radius 2 is 1.86 bits per heavy atom. The van der Waals surface area contributed by atoms with Crippen molar-refractivity contribution in [2.45, 2.75) is 13.8 Å². The van der Waals surface area contributed by atoms with Crippen LogP contribution in [0.3, 0.4) is 0 Å². The fourth-order valence-electron chi connectivity index (χ4n) is 2.27. The van der Waals surface area contributed by atoms with Crippen molar-refractivity contribution in [1.29, 1.82) is 0 Å². The van der Waals surface area contributed by atoms with Gasteiger partial charge in [-0.05, 0) is 26.0 Å². The van der Waals surface area contributed by atoms with E-state index < -0.39 is 0 Å². The van der Waals surface area contributed by atoms with E-state index in [1.165, 1.54) is 0 Å². The Labute approximate surface area is 133 Å². The highest BCUT2D eigenvalue weighted by Gasteiger charge is 2.14. The molecule has 0 aliphatic rings. The van der Waals surface area contributed by atoms with Gasteiger partial charge in [-0.1, -0.05) is 29.8 Å². The molecule has 0 aliphatic carbocycles. The maximum atomic E-state index is 5.91. The normalized spacial score (nSPS) is 10.7. The van der Waals surface area contributed by atoms with Gasteiger partial charge in [0.2, 0.25) is 5.95 Å². The van der Waals surface area contributed by atoms with Gasteiger partial charge in [-0.25, -0.2) is 9.67 Å². The second kappa shape index (κ2) is 5.65. The Morgan fingerprint density at radius 3 is 2.55 bits per heavy atom. The van der Waals surface area contributed by atoms with Crippen LogP contribution in [0, 0.1) is 13.8 Å². The lowest BCUT2D eigenvalue weighted by molar-refractivity contribution is 0.834. The number of anilines is 3. The number of nitrogen functional groups attached to an aromatic ring is 1. The quantitative estimate of drug-likeness (QED) is 0.725. The van der Waals surface area contributed by atoms with Crippen molar-refractivity contribution in [2.75, 3.05) is 11.1 Å². The van der Waals surface area contributed by atoms with Crippen LogP contribution in [0.25, 0.3) is 5.69 Å². The van der Waals surface area contributed by atoms with E-state index in [1.54, 1.807) is 6.07 Å². The van der Waals surface area contributed by atoms with Gasteiger partial charge >= 0.3 is 0 Å².